The van der Waals surface area contributed by atoms with E-state index in [4.69, 9.17) is 24.4 Å². The monoisotopic (exact) mass is 356 g/mol. The van der Waals surface area contributed by atoms with Crippen LogP contribution >= 0.6 is 24.4 Å². The SMILES string of the molecule is CN(C(=O)CC(=O)N(C)N(C)C(=S)C1CC1)N(C)C(=S)C1CC1. The summed E-state index contributed by atoms with van der Waals surface area (Å²) in [7, 11) is 6.81. The quantitative estimate of drug-likeness (QED) is 0.432. The van der Waals surface area contributed by atoms with Gasteiger partial charge in [-0.1, -0.05) is 24.4 Å². The third-order valence-corrected chi connectivity index (χ3v) is 5.61. The van der Waals surface area contributed by atoms with Crippen molar-refractivity contribution in [2.45, 2.75) is 32.1 Å². The van der Waals surface area contributed by atoms with Crippen LogP contribution in [0.4, 0.5) is 0 Å². The van der Waals surface area contributed by atoms with E-state index in [-0.39, 0.29) is 18.2 Å². The minimum absolute atomic E-state index is 0.206. The minimum atomic E-state index is -0.280. The number of carbonyl (C=O) groups is 2. The number of hydrogen-bond acceptors (Lipinski definition) is 4. The van der Waals surface area contributed by atoms with Crippen molar-refractivity contribution < 1.29 is 9.59 Å². The highest BCUT2D eigenvalue weighted by Gasteiger charge is 2.33. The van der Waals surface area contributed by atoms with Gasteiger partial charge < -0.3 is 0 Å². The summed E-state index contributed by atoms with van der Waals surface area (Å²) in [6, 6.07) is 0. The lowest BCUT2D eigenvalue weighted by Crippen LogP contribution is -2.49. The minimum Gasteiger partial charge on any atom is -0.279 e. The van der Waals surface area contributed by atoms with Crippen LogP contribution in [0.3, 0.4) is 0 Å². The highest BCUT2D eigenvalue weighted by Crippen LogP contribution is 2.32. The predicted octanol–water partition coefficient (Wildman–Crippen LogP) is 1.46. The molecule has 0 aromatic heterocycles. The molecular weight excluding hydrogens is 332 g/mol. The van der Waals surface area contributed by atoms with Crippen LogP contribution in [-0.2, 0) is 9.59 Å². The van der Waals surface area contributed by atoms with Gasteiger partial charge in [-0.15, -0.1) is 0 Å². The fraction of sp³-hybridized carbons (Fsp3) is 0.733. The Hall–Kier alpha value is -1.28. The molecule has 8 heteroatoms. The Morgan fingerprint density at radius 1 is 0.739 bits per heavy atom. The van der Waals surface area contributed by atoms with Gasteiger partial charge in [0.2, 0.25) is 11.8 Å². The Kier molecular flexibility index (Phi) is 5.57. The van der Waals surface area contributed by atoms with Gasteiger partial charge in [-0.25, -0.2) is 0 Å². The molecule has 6 nitrogen and oxygen atoms in total. The zero-order chi connectivity index (χ0) is 17.3. The number of amides is 2. The summed E-state index contributed by atoms with van der Waals surface area (Å²) in [4.78, 5) is 26.1. The summed E-state index contributed by atoms with van der Waals surface area (Å²) in [5.41, 5.74) is 0. The van der Waals surface area contributed by atoms with Crippen molar-refractivity contribution in [3.63, 3.8) is 0 Å². The topological polar surface area (TPSA) is 47.1 Å². The maximum absolute atomic E-state index is 12.3. The molecule has 0 spiro atoms. The van der Waals surface area contributed by atoms with Crippen molar-refractivity contribution in [3.8, 4) is 0 Å². The van der Waals surface area contributed by atoms with Crippen LogP contribution in [0, 0.1) is 11.8 Å². The van der Waals surface area contributed by atoms with Gasteiger partial charge in [0.05, 0.1) is 0 Å². The third kappa shape index (κ3) is 4.38. The Bertz CT molecular complexity index is 486. The summed E-state index contributed by atoms with van der Waals surface area (Å²) in [5.74, 6) is 0.229. The molecule has 2 aliphatic rings. The Morgan fingerprint density at radius 2 is 1.04 bits per heavy atom. The van der Waals surface area contributed by atoms with Crippen LogP contribution < -0.4 is 0 Å². The zero-order valence-corrected chi connectivity index (χ0v) is 15.7. The van der Waals surface area contributed by atoms with E-state index in [1.54, 1.807) is 38.2 Å². The van der Waals surface area contributed by atoms with E-state index in [1.165, 1.54) is 10.0 Å². The summed E-state index contributed by atoms with van der Waals surface area (Å²) >= 11 is 10.7. The van der Waals surface area contributed by atoms with Crippen molar-refractivity contribution in [2.24, 2.45) is 11.8 Å². The number of carbonyl (C=O) groups excluding carboxylic acids is 2. The average Bonchev–Trinajstić information content (AvgIpc) is 3.41. The van der Waals surface area contributed by atoms with E-state index in [1.807, 2.05) is 0 Å². The van der Waals surface area contributed by atoms with Crippen LogP contribution in [-0.4, -0.2) is 70.0 Å². The highest BCUT2D eigenvalue weighted by molar-refractivity contribution is 7.80. The molecule has 0 bridgehead atoms. The standard InChI is InChI=1S/C15H24N4O2S2/c1-16(18(3)14(22)10-5-6-10)12(20)9-13(21)17(2)19(4)15(23)11-7-8-11/h10-11H,5-9H2,1-4H3. The molecule has 2 aliphatic carbocycles. The van der Waals surface area contributed by atoms with Crippen LogP contribution in [0.1, 0.15) is 32.1 Å². The van der Waals surface area contributed by atoms with E-state index in [0.717, 1.165) is 35.7 Å². The first-order valence-electron chi connectivity index (χ1n) is 7.82. The molecule has 0 saturated heterocycles. The lowest BCUT2D eigenvalue weighted by atomic mass is 10.3. The summed E-state index contributed by atoms with van der Waals surface area (Å²) in [6.07, 6.45) is 4.11. The van der Waals surface area contributed by atoms with Gasteiger partial charge in [0.1, 0.15) is 16.4 Å². The summed E-state index contributed by atoms with van der Waals surface area (Å²) < 4.78 is 0. The van der Waals surface area contributed by atoms with Crippen molar-refractivity contribution in [2.75, 3.05) is 28.2 Å². The molecule has 0 radical (unpaired) electrons. The van der Waals surface area contributed by atoms with Gasteiger partial charge in [0, 0.05) is 40.0 Å². The van der Waals surface area contributed by atoms with Crippen LogP contribution in [0.15, 0.2) is 0 Å². The molecule has 0 aromatic rings. The molecule has 23 heavy (non-hydrogen) atoms. The fourth-order valence-electron chi connectivity index (χ4n) is 2.18. The highest BCUT2D eigenvalue weighted by atomic mass is 32.1. The van der Waals surface area contributed by atoms with Crippen LogP contribution in [0.5, 0.6) is 0 Å². The number of hydrazine groups is 2. The van der Waals surface area contributed by atoms with Gasteiger partial charge in [0.15, 0.2) is 0 Å². The lowest BCUT2D eigenvalue weighted by molar-refractivity contribution is -0.148. The Morgan fingerprint density at radius 3 is 1.30 bits per heavy atom. The number of hydrogen-bond donors (Lipinski definition) is 0. The summed E-state index contributed by atoms with van der Waals surface area (Å²) in [6.45, 7) is 0. The molecule has 128 valence electrons. The first kappa shape index (κ1) is 18.1. The second-order valence-corrected chi connectivity index (χ2v) is 7.12. The van der Waals surface area contributed by atoms with E-state index >= 15 is 0 Å². The van der Waals surface area contributed by atoms with E-state index in [0.29, 0.717) is 11.8 Å². The lowest BCUT2D eigenvalue weighted by Gasteiger charge is -2.33. The second kappa shape index (κ2) is 7.09. The van der Waals surface area contributed by atoms with E-state index in [2.05, 4.69) is 0 Å². The van der Waals surface area contributed by atoms with Crippen molar-refractivity contribution in [3.05, 3.63) is 0 Å². The molecule has 2 saturated carbocycles. The van der Waals surface area contributed by atoms with Gasteiger partial charge in [-0.2, -0.15) is 0 Å². The molecule has 2 fully saturated rings. The van der Waals surface area contributed by atoms with Gasteiger partial charge in [-0.3, -0.25) is 29.6 Å². The first-order chi connectivity index (χ1) is 10.7. The first-order valence-corrected chi connectivity index (χ1v) is 8.63. The van der Waals surface area contributed by atoms with Crippen molar-refractivity contribution in [1.29, 1.82) is 0 Å². The number of thiocarbonyl (C=S) groups is 2. The number of rotatable bonds is 4. The molecule has 0 heterocycles. The maximum atomic E-state index is 12.3. The molecule has 0 atom stereocenters. The molecule has 2 amide bonds. The van der Waals surface area contributed by atoms with E-state index in [9.17, 15) is 9.59 Å². The van der Waals surface area contributed by atoms with Crippen LogP contribution in [0.25, 0.3) is 0 Å². The third-order valence-electron chi connectivity index (χ3n) is 4.42. The zero-order valence-electron chi connectivity index (χ0n) is 14.1. The largest absolute Gasteiger partial charge is 0.279 e. The smallest absolute Gasteiger partial charge is 0.250 e. The number of nitrogens with zero attached hydrogens (tertiary/aromatic N) is 4. The van der Waals surface area contributed by atoms with Crippen LogP contribution in [0.2, 0.25) is 0 Å². The normalized spacial score (nSPS) is 16.5. The second-order valence-electron chi connectivity index (χ2n) is 6.28. The molecule has 2 rings (SSSR count). The molecule has 0 aliphatic heterocycles. The molecule has 0 unspecified atom stereocenters. The molecular formula is C15H24N4O2S2. The fourth-order valence-corrected chi connectivity index (χ4v) is 2.89. The van der Waals surface area contributed by atoms with Crippen molar-refractivity contribution >= 4 is 46.2 Å². The Labute approximate surface area is 148 Å². The molecule has 0 aromatic carbocycles. The van der Waals surface area contributed by atoms with E-state index < -0.39 is 0 Å². The molecule has 0 N–H and O–H groups in total. The van der Waals surface area contributed by atoms with Gasteiger partial charge >= 0.3 is 0 Å². The average molecular weight is 357 g/mol. The maximum Gasteiger partial charge on any atom is 0.250 e. The van der Waals surface area contributed by atoms with Crippen molar-refractivity contribution in [1.82, 2.24) is 20.0 Å². The van der Waals surface area contributed by atoms with Gasteiger partial charge in [0.25, 0.3) is 0 Å². The summed E-state index contributed by atoms with van der Waals surface area (Å²) in [5, 5.41) is 6.18. The van der Waals surface area contributed by atoms with Gasteiger partial charge in [-0.05, 0) is 25.7 Å². The Balaban J connectivity index is 1.86. The predicted molar refractivity (Wildman–Crippen MR) is 96.3 cm³/mol.